The van der Waals surface area contributed by atoms with E-state index in [2.05, 4.69) is 31.2 Å². The molecule has 110 valence electrons. The fraction of sp³-hybridized carbons (Fsp3) is 0.667. The summed E-state index contributed by atoms with van der Waals surface area (Å²) in [7, 11) is 0. The van der Waals surface area contributed by atoms with Gasteiger partial charge in [-0.1, -0.05) is 38.0 Å². The fourth-order valence-corrected chi connectivity index (χ4v) is 4.18. The van der Waals surface area contributed by atoms with Crippen LogP contribution in [0, 0.1) is 17.8 Å². The second-order valence-electron chi connectivity index (χ2n) is 6.62. The van der Waals surface area contributed by atoms with Crippen LogP contribution in [0.3, 0.4) is 0 Å². The molecule has 2 heteroatoms. The van der Waals surface area contributed by atoms with E-state index < -0.39 is 0 Å². The molecule has 1 aromatic rings. The van der Waals surface area contributed by atoms with Crippen molar-refractivity contribution in [1.29, 1.82) is 0 Å². The first-order valence-electron chi connectivity index (χ1n) is 8.23. The van der Waals surface area contributed by atoms with Gasteiger partial charge in [-0.25, -0.2) is 0 Å². The van der Waals surface area contributed by atoms with Gasteiger partial charge in [0.15, 0.2) is 0 Å². The summed E-state index contributed by atoms with van der Waals surface area (Å²) in [6, 6.07) is 8.55. The van der Waals surface area contributed by atoms with E-state index in [0.29, 0.717) is 5.92 Å². The van der Waals surface area contributed by atoms with Crippen LogP contribution in [0.1, 0.15) is 50.5 Å². The molecule has 20 heavy (non-hydrogen) atoms. The van der Waals surface area contributed by atoms with Crippen LogP contribution >= 0.6 is 0 Å². The average molecular weight is 273 g/mol. The molecule has 1 fully saturated rings. The van der Waals surface area contributed by atoms with Gasteiger partial charge in [0.1, 0.15) is 5.75 Å². The summed E-state index contributed by atoms with van der Waals surface area (Å²) < 4.78 is 5.84. The lowest BCUT2D eigenvalue weighted by molar-refractivity contribution is 0.157. The van der Waals surface area contributed by atoms with E-state index in [4.69, 9.17) is 10.5 Å². The molecule has 0 amide bonds. The van der Waals surface area contributed by atoms with E-state index in [1.54, 1.807) is 0 Å². The molecule has 0 saturated heterocycles. The van der Waals surface area contributed by atoms with Gasteiger partial charge >= 0.3 is 0 Å². The van der Waals surface area contributed by atoms with Crippen LogP contribution in [0.25, 0.3) is 0 Å². The Morgan fingerprint density at radius 1 is 1.20 bits per heavy atom. The van der Waals surface area contributed by atoms with Gasteiger partial charge in [0.05, 0.1) is 6.61 Å². The molecular formula is C18H27NO. The largest absolute Gasteiger partial charge is 0.493 e. The van der Waals surface area contributed by atoms with Crippen LogP contribution in [-0.4, -0.2) is 13.2 Å². The number of hydrogen-bond donors (Lipinski definition) is 1. The summed E-state index contributed by atoms with van der Waals surface area (Å²) in [6.45, 7) is 4.05. The summed E-state index contributed by atoms with van der Waals surface area (Å²) >= 11 is 0. The molecule has 2 aliphatic rings. The number of benzene rings is 1. The number of rotatable bonds is 4. The molecule has 0 spiro atoms. The molecule has 2 nitrogen and oxygen atoms in total. The Morgan fingerprint density at radius 2 is 2.05 bits per heavy atom. The van der Waals surface area contributed by atoms with E-state index in [1.807, 2.05) is 0 Å². The molecular weight excluding hydrogens is 246 g/mol. The monoisotopic (exact) mass is 273 g/mol. The van der Waals surface area contributed by atoms with Gasteiger partial charge in [-0.2, -0.15) is 0 Å². The summed E-state index contributed by atoms with van der Waals surface area (Å²) in [5, 5.41) is 0. The number of nitrogens with two attached hydrogens (primary N) is 1. The Morgan fingerprint density at radius 3 is 2.85 bits per heavy atom. The van der Waals surface area contributed by atoms with E-state index in [-0.39, 0.29) is 0 Å². The summed E-state index contributed by atoms with van der Waals surface area (Å²) in [6.07, 6.45) is 6.67. The molecule has 2 N–H and O–H groups in total. The molecule has 0 aromatic heterocycles. The summed E-state index contributed by atoms with van der Waals surface area (Å²) in [5.41, 5.74) is 7.44. The lowest BCUT2D eigenvalue weighted by Crippen LogP contribution is -2.31. The van der Waals surface area contributed by atoms with Crippen molar-refractivity contribution in [2.24, 2.45) is 23.5 Å². The van der Waals surface area contributed by atoms with Crippen molar-refractivity contribution in [3.05, 3.63) is 29.8 Å². The molecule has 0 bridgehead atoms. The number of para-hydroxylation sites is 1. The van der Waals surface area contributed by atoms with E-state index in [9.17, 15) is 0 Å². The Labute approximate surface area is 122 Å². The second-order valence-corrected chi connectivity index (χ2v) is 6.62. The van der Waals surface area contributed by atoms with E-state index in [1.165, 1.54) is 37.7 Å². The summed E-state index contributed by atoms with van der Waals surface area (Å²) in [5.74, 6) is 4.12. The Bertz CT molecular complexity index is 445. The third kappa shape index (κ3) is 2.71. The number of hydrogen-bond acceptors (Lipinski definition) is 2. The van der Waals surface area contributed by atoms with Gasteiger partial charge in [-0.3, -0.25) is 0 Å². The van der Waals surface area contributed by atoms with Gasteiger partial charge in [0.2, 0.25) is 0 Å². The lowest BCUT2D eigenvalue weighted by atomic mass is 9.69. The SMILES string of the molecule is CCC1CCC(CN)C(CC2COc3ccccc32)C1. The first-order valence-corrected chi connectivity index (χ1v) is 8.23. The van der Waals surface area contributed by atoms with Crippen molar-refractivity contribution in [2.75, 3.05) is 13.2 Å². The Hall–Kier alpha value is -1.02. The van der Waals surface area contributed by atoms with Crippen molar-refractivity contribution >= 4 is 0 Å². The molecule has 1 aromatic carbocycles. The molecule has 1 aliphatic heterocycles. The zero-order valence-electron chi connectivity index (χ0n) is 12.6. The predicted octanol–water partition coefficient (Wildman–Crippen LogP) is 3.95. The first-order chi connectivity index (χ1) is 9.81. The number of fused-ring (bicyclic) bond motifs is 1. The third-order valence-corrected chi connectivity index (χ3v) is 5.51. The smallest absolute Gasteiger partial charge is 0.122 e. The van der Waals surface area contributed by atoms with Gasteiger partial charge < -0.3 is 10.5 Å². The highest BCUT2D eigenvalue weighted by Gasteiger charge is 2.33. The Kier molecular flexibility index (Phi) is 4.30. The lowest BCUT2D eigenvalue weighted by Gasteiger charge is -2.36. The van der Waals surface area contributed by atoms with E-state index in [0.717, 1.165) is 36.7 Å². The van der Waals surface area contributed by atoms with Crippen LogP contribution in [0.5, 0.6) is 5.75 Å². The van der Waals surface area contributed by atoms with Crippen molar-refractivity contribution in [2.45, 2.75) is 44.9 Å². The maximum absolute atomic E-state index is 6.02. The van der Waals surface area contributed by atoms with Crippen molar-refractivity contribution < 1.29 is 4.74 Å². The highest BCUT2D eigenvalue weighted by atomic mass is 16.5. The topological polar surface area (TPSA) is 35.2 Å². The quantitative estimate of drug-likeness (QED) is 0.901. The average Bonchev–Trinajstić information content (AvgIpc) is 2.90. The highest BCUT2D eigenvalue weighted by molar-refractivity contribution is 5.39. The van der Waals surface area contributed by atoms with Crippen LogP contribution < -0.4 is 10.5 Å². The van der Waals surface area contributed by atoms with Crippen LogP contribution in [-0.2, 0) is 0 Å². The van der Waals surface area contributed by atoms with Crippen molar-refractivity contribution in [1.82, 2.24) is 0 Å². The Balaban J connectivity index is 1.70. The minimum atomic E-state index is 0.584. The van der Waals surface area contributed by atoms with Gasteiger partial charge in [-0.05, 0) is 49.6 Å². The molecule has 0 radical (unpaired) electrons. The van der Waals surface area contributed by atoms with Gasteiger partial charge in [0.25, 0.3) is 0 Å². The minimum absolute atomic E-state index is 0.584. The summed E-state index contributed by atoms with van der Waals surface area (Å²) in [4.78, 5) is 0. The molecule has 3 rings (SSSR count). The van der Waals surface area contributed by atoms with Crippen LogP contribution in [0.2, 0.25) is 0 Å². The number of ether oxygens (including phenoxy) is 1. The third-order valence-electron chi connectivity index (χ3n) is 5.51. The zero-order chi connectivity index (χ0) is 13.9. The normalized spacial score (nSPS) is 32.7. The van der Waals surface area contributed by atoms with Crippen LogP contribution in [0.15, 0.2) is 24.3 Å². The first kappa shape index (κ1) is 13.9. The standard InChI is InChI=1S/C18H27NO/c1-2-13-7-8-14(11-19)15(9-13)10-16-12-20-18-6-4-3-5-17(16)18/h3-6,13-16H,2,7-12,19H2,1H3. The van der Waals surface area contributed by atoms with Crippen LogP contribution in [0.4, 0.5) is 0 Å². The zero-order valence-corrected chi connectivity index (χ0v) is 12.6. The van der Waals surface area contributed by atoms with Gasteiger partial charge in [-0.15, -0.1) is 0 Å². The van der Waals surface area contributed by atoms with Crippen molar-refractivity contribution in [3.63, 3.8) is 0 Å². The van der Waals surface area contributed by atoms with Crippen molar-refractivity contribution in [3.8, 4) is 5.75 Å². The highest BCUT2D eigenvalue weighted by Crippen LogP contribution is 2.43. The molecule has 1 aliphatic carbocycles. The fourth-order valence-electron chi connectivity index (χ4n) is 4.18. The second kappa shape index (κ2) is 6.17. The molecule has 4 unspecified atom stereocenters. The minimum Gasteiger partial charge on any atom is -0.493 e. The predicted molar refractivity (Wildman–Crippen MR) is 83.0 cm³/mol. The maximum atomic E-state index is 6.02. The maximum Gasteiger partial charge on any atom is 0.122 e. The molecule has 4 atom stereocenters. The molecule has 1 saturated carbocycles. The van der Waals surface area contributed by atoms with E-state index >= 15 is 0 Å². The molecule has 1 heterocycles. The van der Waals surface area contributed by atoms with Gasteiger partial charge in [0, 0.05) is 11.5 Å².